The standard InChI is InChI=1S/C17H17N9/c1-12-2-3-13(26-11-20-22-23-26)9-16(12)24-6-5-19-17(24)15-8-14-10-18-4-7-25(14)21-15/h2-3,5-6,8-9,11,18H,4,7,10H2,1H3. The molecule has 4 heterocycles. The summed E-state index contributed by atoms with van der Waals surface area (Å²) >= 11 is 0. The maximum Gasteiger partial charge on any atom is 0.165 e. The van der Waals surface area contributed by atoms with Crippen LogP contribution in [0.15, 0.2) is 43.0 Å². The molecule has 0 bridgehead atoms. The van der Waals surface area contributed by atoms with Crippen LogP contribution in [0.2, 0.25) is 0 Å². The molecule has 9 heteroatoms. The van der Waals surface area contributed by atoms with Crippen molar-refractivity contribution in [2.45, 2.75) is 20.0 Å². The Morgan fingerprint density at radius 1 is 1.19 bits per heavy atom. The highest BCUT2D eigenvalue weighted by atomic mass is 15.5. The third-order valence-electron chi connectivity index (χ3n) is 4.61. The molecule has 130 valence electrons. The number of imidazole rings is 1. The summed E-state index contributed by atoms with van der Waals surface area (Å²) < 4.78 is 5.75. The van der Waals surface area contributed by atoms with E-state index in [9.17, 15) is 0 Å². The molecule has 0 unspecified atom stereocenters. The largest absolute Gasteiger partial charge is 0.309 e. The molecule has 9 nitrogen and oxygen atoms in total. The molecule has 0 amide bonds. The maximum atomic E-state index is 4.74. The van der Waals surface area contributed by atoms with Gasteiger partial charge in [-0.3, -0.25) is 9.25 Å². The monoisotopic (exact) mass is 347 g/mol. The third kappa shape index (κ3) is 2.40. The van der Waals surface area contributed by atoms with Crippen LogP contribution in [0.3, 0.4) is 0 Å². The van der Waals surface area contributed by atoms with Gasteiger partial charge in [-0.2, -0.15) is 5.10 Å². The van der Waals surface area contributed by atoms with Crippen molar-refractivity contribution < 1.29 is 0 Å². The second-order valence-corrected chi connectivity index (χ2v) is 6.27. The van der Waals surface area contributed by atoms with Gasteiger partial charge in [0.2, 0.25) is 0 Å². The van der Waals surface area contributed by atoms with Crippen LogP contribution in [0.25, 0.3) is 22.9 Å². The van der Waals surface area contributed by atoms with Crippen molar-refractivity contribution in [1.29, 1.82) is 0 Å². The van der Waals surface area contributed by atoms with E-state index in [4.69, 9.17) is 5.10 Å². The summed E-state index contributed by atoms with van der Waals surface area (Å²) in [7, 11) is 0. The van der Waals surface area contributed by atoms with Crippen molar-refractivity contribution in [2.75, 3.05) is 6.54 Å². The lowest BCUT2D eigenvalue weighted by Crippen LogP contribution is -2.28. The molecule has 1 aromatic carbocycles. The molecule has 4 aromatic rings. The van der Waals surface area contributed by atoms with Crippen LogP contribution >= 0.6 is 0 Å². The molecule has 1 aliphatic heterocycles. The first-order valence-electron chi connectivity index (χ1n) is 8.45. The highest BCUT2D eigenvalue weighted by molar-refractivity contribution is 5.58. The average Bonchev–Trinajstić information content (AvgIpc) is 3.40. The number of aryl methyl sites for hydroxylation is 1. The smallest absolute Gasteiger partial charge is 0.165 e. The highest BCUT2D eigenvalue weighted by Crippen LogP contribution is 2.25. The fourth-order valence-corrected chi connectivity index (χ4v) is 3.27. The lowest BCUT2D eigenvalue weighted by atomic mass is 10.1. The fraction of sp³-hybridized carbons (Fsp3) is 0.235. The minimum atomic E-state index is 0.823. The van der Waals surface area contributed by atoms with Gasteiger partial charge in [-0.05, 0) is 41.1 Å². The molecular weight excluding hydrogens is 330 g/mol. The topological polar surface area (TPSA) is 91.3 Å². The second-order valence-electron chi connectivity index (χ2n) is 6.27. The minimum Gasteiger partial charge on any atom is -0.309 e. The molecular formula is C17H17N9. The summed E-state index contributed by atoms with van der Waals surface area (Å²) in [6, 6.07) is 8.20. The van der Waals surface area contributed by atoms with E-state index in [1.165, 1.54) is 5.69 Å². The number of hydrogen-bond acceptors (Lipinski definition) is 6. The molecule has 0 spiro atoms. The highest BCUT2D eigenvalue weighted by Gasteiger charge is 2.17. The van der Waals surface area contributed by atoms with Crippen molar-refractivity contribution in [2.24, 2.45) is 0 Å². The van der Waals surface area contributed by atoms with Gasteiger partial charge >= 0.3 is 0 Å². The molecule has 1 N–H and O–H groups in total. The lowest BCUT2D eigenvalue weighted by molar-refractivity contribution is 0.476. The number of nitrogens with one attached hydrogen (secondary N) is 1. The van der Waals surface area contributed by atoms with Gasteiger partial charge in [-0.1, -0.05) is 6.07 Å². The summed E-state index contributed by atoms with van der Waals surface area (Å²) in [5.41, 5.74) is 5.10. The van der Waals surface area contributed by atoms with Gasteiger partial charge in [0.05, 0.1) is 23.6 Å². The molecule has 0 aliphatic carbocycles. The van der Waals surface area contributed by atoms with E-state index in [0.29, 0.717) is 0 Å². The van der Waals surface area contributed by atoms with E-state index in [-0.39, 0.29) is 0 Å². The van der Waals surface area contributed by atoms with E-state index < -0.39 is 0 Å². The van der Waals surface area contributed by atoms with Crippen LogP contribution in [0.5, 0.6) is 0 Å². The van der Waals surface area contributed by atoms with Crippen LogP contribution in [0, 0.1) is 6.92 Å². The number of aromatic nitrogens is 8. The molecule has 1 aliphatic rings. The maximum absolute atomic E-state index is 4.74. The van der Waals surface area contributed by atoms with Gasteiger partial charge in [0.15, 0.2) is 5.82 Å². The van der Waals surface area contributed by atoms with Crippen LogP contribution in [0.4, 0.5) is 0 Å². The van der Waals surface area contributed by atoms with Crippen molar-refractivity contribution in [3.05, 3.63) is 54.2 Å². The summed E-state index contributed by atoms with van der Waals surface area (Å²) in [5, 5.41) is 19.5. The first-order chi connectivity index (χ1) is 12.8. The van der Waals surface area contributed by atoms with Crippen molar-refractivity contribution in [1.82, 2.24) is 44.9 Å². The Labute approximate surface area is 149 Å². The lowest BCUT2D eigenvalue weighted by Gasteiger charge is -2.13. The molecule has 5 rings (SSSR count). The zero-order chi connectivity index (χ0) is 17.5. The number of hydrogen-bond donors (Lipinski definition) is 1. The quantitative estimate of drug-likeness (QED) is 0.597. The van der Waals surface area contributed by atoms with Gasteiger partial charge in [0.1, 0.15) is 12.0 Å². The van der Waals surface area contributed by atoms with Gasteiger partial charge < -0.3 is 5.32 Å². The Bertz CT molecular complexity index is 1030. The number of fused-ring (bicyclic) bond motifs is 1. The van der Waals surface area contributed by atoms with E-state index in [2.05, 4.69) is 60.2 Å². The van der Waals surface area contributed by atoms with Gasteiger partial charge in [-0.15, -0.1) is 5.10 Å². The Morgan fingerprint density at radius 3 is 3.00 bits per heavy atom. The number of tetrazole rings is 1. The molecule has 3 aromatic heterocycles. The third-order valence-corrected chi connectivity index (χ3v) is 4.61. The van der Waals surface area contributed by atoms with Crippen molar-refractivity contribution >= 4 is 0 Å². The van der Waals surface area contributed by atoms with Gasteiger partial charge in [0.25, 0.3) is 0 Å². The van der Waals surface area contributed by atoms with Crippen molar-refractivity contribution in [3.8, 4) is 22.9 Å². The summed E-state index contributed by atoms with van der Waals surface area (Å²) in [5.74, 6) is 0.823. The van der Waals surface area contributed by atoms with Gasteiger partial charge in [0, 0.05) is 25.5 Å². The second kappa shape index (κ2) is 5.88. The molecule has 0 radical (unpaired) electrons. The van der Waals surface area contributed by atoms with E-state index in [0.717, 1.165) is 48.1 Å². The Hall–Kier alpha value is -3.33. The molecule has 0 saturated carbocycles. The van der Waals surface area contributed by atoms with E-state index in [1.54, 1.807) is 17.2 Å². The van der Waals surface area contributed by atoms with Crippen molar-refractivity contribution in [3.63, 3.8) is 0 Å². The molecule has 0 saturated heterocycles. The summed E-state index contributed by atoms with van der Waals surface area (Å²) in [4.78, 5) is 4.56. The summed E-state index contributed by atoms with van der Waals surface area (Å²) in [6.07, 6.45) is 5.34. The predicted octanol–water partition coefficient (Wildman–Crippen LogP) is 1.12. The molecule has 0 fully saturated rings. The number of nitrogens with zero attached hydrogens (tertiary/aromatic N) is 8. The Morgan fingerprint density at radius 2 is 2.15 bits per heavy atom. The van der Waals surface area contributed by atoms with E-state index in [1.807, 2.05) is 12.3 Å². The van der Waals surface area contributed by atoms with Crippen LogP contribution < -0.4 is 5.32 Å². The first kappa shape index (κ1) is 15.0. The molecule has 26 heavy (non-hydrogen) atoms. The zero-order valence-corrected chi connectivity index (χ0v) is 14.2. The normalized spacial score (nSPS) is 13.7. The summed E-state index contributed by atoms with van der Waals surface area (Å²) in [6.45, 7) is 4.73. The minimum absolute atomic E-state index is 0.823. The van der Waals surface area contributed by atoms with Gasteiger partial charge in [-0.25, -0.2) is 9.67 Å². The SMILES string of the molecule is Cc1ccc(-n2cnnn2)cc1-n1ccnc1-c1cc2n(n1)CCNC2. The van der Waals surface area contributed by atoms with E-state index >= 15 is 0 Å². The Balaban J connectivity index is 1.61. The average molecular weight is 347 g/mol. The van der Waals surface area contributed by atoms with Crippen LogP contribution in [-0.4, -0.2) is 46.1 Å². The fourth-order valence-electron chi connectivity index (χ4n) is 3.27. The predicted molar refractivity (Wildman–Crippen MR) is 93.9 cm³/mol. The zero-order valence-electron chi connectivity index (χ0n) is 14.2. The van der Waals surface area contributed by atoms with Crippen LogP contribution in [0.1, 0.15) is 11.3 Å². The number of benzene rings is 1. The first-order valence-corrected chi connectivity index (χ1v) is 8.45. The molecule has 0 atom stereocenters. The number of rotatable bonds is 3. The van der Waals surface area contributed by atoms with Crippen LogP contribution in [-0.2, 0) is 13.1 Å². The Kier molecular flexibility index (Phi) is 3.39.